The first-order valence-corrected chi connectivity index (χ1v) is 8.56. The summed E-state index contributed by atoms with van der Waals surface area (Å²) < 4.78 is 2.09. The van der Waals surface area contributed by atoms with Gasteiger partial charge < -0.3 is 10.2 Å². The lowest BCUT2D eigenvalue weighted by Crippen LogP contribution is -2.38. The number of piperidine rings is 1. The van der Waals surface area contributed by atoms with Crippen molar-refractivity contribution >= 4 is 37.7 Å². The molecule has 2 rings (SSSR count). The van der Waals surface area contributed by atoms with Gasteiger partial charge in [-0.1, -0.05) is 6.92 Å². The number of rotatable bonds is 5. The van der Waals surface area contributed by atoms with Crippen molar-refractivity contribution in [3.05, 3.63) is 21.2 Å². The van der Waals surface area contributed by atoms with Crippen molar-refractivity contribution in [1.82, 2.24) is 10.3 Å². The summed E-state index contributed by atoms with van der Waals surface area (Å²) in [6, 6.07) is 2.07. The summed E-state index contributed by atoms with van der Waals surface area (Å²) in [4.78, 5) is 6.90. The highest BCUT2D eigenvalue weighted by Crippen LogP contribution is 2.29. The summed E-state index contributed by atoms with van der Waals surface area (Å²) in [6.07, 6.45) is 5.59. The lowest BCUT2D eigenvalue weighted by molar-refractivity contribution is 0.382. The SMILES string of the molecule is CCCNCC1CCN(c2ncc(Br)cc2Br)CC1. The molecule has 0 aliphatic carbocycles. The standard InChI is InChI=1S/C14H21Br2N3/c1-2-5-17-9-11-3-6-19(7-4-11)14-13(16)8-12(15)10-18-14/h8,10-11,17H,2-7,9H2,1H3. The molecule has 1 aliphatic heterocycles. The molecule has 19 heavy (non-hydrogen) atoms. The molecule has 1 fully saturated rings. The number of anilines is 1. The number of halogens is 2. The van der Waals surface area contributed by atoms with Crippen molar-refractivity contribution < 1.29 is 0 Å². The van der Waals surface area contributed by atoms with E-state index in [0.717, 1.165) is 46.9 Å². The molecular weight excluding hydrogens is 370 g/mol. The van der Waals surface area contributed by atoms with Crippen LogP contribution in [0.2, 0.25) is 0 Å². The number of nitrogens with one attached hydrogen (secondary N) is 1. The third kappa shape index (κ3) is 4.43. The van der Waals surface area contributed by atoms with Crippen molar-refractivity contribution in [1.29, 1.82) is 0 Å². The zero-order valence-electron chi connectivity index (χ0n) is 11.3. The monoisotopic (exact) mass is 389 g/mol. The fraction of sp³-hybridized carbons (Fsp3) is 0.643. The molecule has 1 saturated heterocycles. The molecule has 0 radical (unpaired) electrons. The van der Waals surface area contributed by atoms with Crippen molar-refractivity contribution in [3.63, 3.8) is 0 Å². The second kappa shape index (κ2) is 7.60. The van der Waals surface area contributed by atoms with Crippen LogP contribution in [0.3, 0.4) is 0 Å². The van der Waals surface area contributed by atoms with Crippen LogP contribution >= 0.6 is 31.9 Å². The maximum Gasteiger partial charge on any atom is 0.142 e. The molecule has 1 N–H and O–H groups in total. The fourth-order valence-corrected chi connectivity index (χ4v) is 3.71. The summed E-state index contributed by atoms with van der Waals surface area (Å²) >= 11 is 7.05. The molecule has 3 nitrogen and oxygen atoms in total. The summed E-state index contributed by atoms with van der Waals surface area (Å²) in [5.74, 6) is 1.89. The lowest BCUT2D eigenvalue weighted by Gasteiger charge is -2.33. The maximum absolute atomic E-state index is 4.52. The Morgan fingerprint density at radius 3 is 2.74 bits per heavy atom. The minimum atomic E-state index is 0.817. The maximum atomic E-state index is 4.52. The molecule has 1 aromatic heterocycles. The first-order chi connectivity index (χ1) is 9.20. The first-order valence-electron chi connectivity index (χ1n) is 6.97. The van der Waals surface area contributed by atoms with Crippen molar-refractivity contribution in [2.24, 2.45) is 5.92 Å². The Morgan fingerprint density at radius 2 is 2.11 bits per heavy atom. The third-order valence-corrected chi connectivity index (χ3v) is 4.58. The van der Waals surface area contributed by atoms with Crippen molar-refractivity contribution in [2.45, 2.75) is 26.2 Å². The smallest absolute Gasteiger partial charge is 0.142 e. The number of hydrogen-bond acceptors (Lipinski definition) is 3. The molecule has 0 aromatic carbocycles. The molecule has 0 atom stereocenters. The molecule has 106 valence electrons. The van der Waals surface area contributed by atoms with Crippen LogP contribution in [-0.2, 0) is 0 Å². The van der Waals surface area contributed by atoms with Gasteiger partial charge in [0.05, 0.1) is 4.47 Å². The van der Waals surface area contributed by atoms with Crippen LogP contribution in [-0.4, -0.2) is 31.2 Å². The highest BCUT2D eigenvalue weighted by atomic mass is 79.9. The van der Waals surface area contributed by atoms with E-state index in [4.69, 9.17) is 0 Å². The summed E-state index contributed by atoms with van der Waals surface area (Å²) in [7, 11) is 0. The van der Waals surface area contributed by atoms with E-state index in [-0.39, 0.29) is 0 Å². The third-order valence-electron chi connectivity index (χ3n) is 3.56. The van der Waals surface area contributed by atoms with Gasteiger partial charge >= 0.3 is 0 Å². The molecule has 0 amide bonds. The van der Waals surface area contributed by atoms with Gasteiger partial charge in [0, 0.05) is 23.8 Å². The molecule has 5 heteroatoms. The number of hydrogen-bond donors (Lipinski definition) is 1. The van der Waals surface area contributed by atoms with E-state index in [0.29, 0.717) is 0 Å². The minimum Gasteiger partial charge on any atom is -0.356 e. The van der Waals surface area contributed by atoms with Crippen LogP contribution in [0, 0.1) is 5.92 Å². The average molecular weight is 391 g/mol. The molecule has 0 spiro atoms. The van der Waals surface area contributed by atoms with Crippen LogP contribution in [0.25, 0.3) is 0 Å². The predicted molar refractivity (Wildman–Crippen MR) is 87.7 cm³/mol. The van der Waals surface area contributed by atoms with Crippen LogP contribution in [0.5, 0.6) is 0 Å². The quantitative estimate of drug-likeness (QED) is 0.774. The molecule has 1 aromatic rings. The zero-order valence-corrected chi connectivity index (χ0v) is 14.5. The van der Waals surface area contributed by atoms with Gasteiger partial charge in [0.2, 0.25) is 0 Å². The predicted octanol–water partition coefficient (Wildman–Crippen LogP) is 3.82. The zero-order chi connectivity index (χ0) is 13.7. The molecule has 1 aliphatic rings. The van der Waals surface area contributed by atoms with E-state index in [1.54, 1.807) is 0 Å². The molecular formula is C14H21Br2N3. The second-order valence-corrected chi connectivity index (χ2v) is 6.86. The summed E-state index contributed by atoms with van der Waals surface area (Å²) in [6.45, 7) is 6.72. The Bertz CT molecular complexity index is 404. The molecule has 0 saturated carbocycles. The average Bonchev–Trinajstić information content (AvgIpc) is 2.40. The van der Waals surface area contributed by atoms with Gasteiger partial charge in [-0.15, -0.1) is 0 Å². The van der Waals surface area contributed by atoms with Gasteiger partial charge in [-0.25, -0.2) is 4.98 Å². The van der Waals surface area contributed by atoms with Gasteiger partial charge in [-0.2, -0.15) is 0 Å². The van der Waals surface area contributed by atoms with Gasteiger partial charge in [-0.05, 0) is 76.2 Å². The van der Waals surface area contributed by atoms with Gasteiger partial charge in [0.1, 0.15) is 5.82 Å². The van der Waals surface area contributed by atoms with Gasteiger partial charge in [0.25, 0.3) is 0 Å². The van der Waals surface area contributed by atoms with Gasteiger partial charge in [-0.3, -0.25) is 0 Å². The number of nitrogens with zero attached hydrogens (tertiary/aromatic N) is 2. The van der Waals surface area contributed by atoms with Crippen LogP contribution in [0.15, 0.2) is 21.2 Å². The number of pyridine rings is 1. The normalized spacial score (nSPS) is 16.9. The highest BCUT2D eigenvalue weighted by molar-refractivity contribution is 9.11. The van der Waals surface area contributed by atoms with Crippen LogP contribution < -0.4 is 10.2 Å². The van der Waals surface area contributed by atoms with Crippen molar-refractivity contribution in [3.8, 4) is 0 Å². The Kier molecular flexibility index (Phi) is 6.10. The molecule has 0 unspecified atom stereocenters. The number of aromatic nitrogens is 1. The topological polar surface area (TPSA) is 28.2 Å². The summed E-state index contributed by atoms with van der Waals surface area (Å²) in [5, 5.41) is 3.53. The summed E-state index contributed by atoms with van der Waals surface area (Å²) in [5.41, 5.74) is 0. The van der Waals surface area contributed by atoms with Crippen molar-refractivity contribution in [2.75, 3.05) is 31.1 Å². The van der Waals surface area contributed by atoms with E-state index in [2.05, 4.69) is 60.1 Å². The fourth-order valence-electron chi connectivity index (χ4n) is 2.47. The van der Waals surface area contributed by atoms with E-state index in [1.807, 2.05) is 6.20 Å². The van der Waals surface area contributed by atoms with E-state index < -0.39 is 0 Å². The Morgan fingerprint density at radius 1 is 1.37 bits per heavy atom. The largest absolute Gasteiger partial charge is 0.356 e. The Labute approximate surface area is 132 Å². The van der Waals surface area contributed by atoms with E-state index >= 15 is 0 Å². The molecule has 2 heterocycles. The van der Waals surface area contributed by atoms with Crippen LogP contribution in [0.1, 0.15) is 26.2 Å². The van der Waals surface area contributed by atoms with E-state index in [1.165, 1.54) is 19.3 Å². The second-order valence-electron chi connectivity index (χ2n) is 5.09. The van der Waals surface area contributed by atoms with Crippen LogP contribution in [0.4, 0.5) is 5.82 Å². The minimum absolute atomic E-state index is 0.817. The Hall–Kier alpha value is -0.130. The Balaban J connectivity index is 1.85. The van der Waals surface area contributed by atoms with E-state index in [9.17, 15) is 0 Å². The lowest BCUT2D eigenvalue weighted by atomic mass is 9.97. The highest BCUT2D eigenvalue weighted by Gasteiger charge is 2.21. The first kappa shape index (κ1) is 15.3. The molecule has 0 bridgehead atoms. The van der Waals surface area contributed by atoms with Gasteiger partial charge in [0.15, 0.2) is 0 Å².